The van der Waals surface area contributed by atoms with Crippen molar-refractivity contribution in [3.05, 3.63) is 12.2 Å². The highest BCUT2D eigenvalue weighted by Crippen LogP contribution is 2.11. The molecule has 0 spiro atoms. The lowest BCUT2D eigenvalue weighted by Gasteiger charge is -2.19. The van der Waals surface area contributed by atoms with Gasteiger partial charge in [0.15, 0.2) is 0 Å². The summed E-state index contributed by atoms with van der Waals surface area (Å²) in [6.45, 7) is 4.39. The fraction of sp³-hybridized carbons (Fsp3) is 0.700. The Kier molecular flexibility index (Phi) is 3.96. The number of esters is 1. The van der Waals surface area contributed by atoms with Crippen molar-refractivity contribution >= 4 is 5.97 Å². The molecule has 1 rings (SSSR count). The summed E-state index contributed by atoms with van der Waals surface area (Å²) in [5, 5.41) is 0. The Hall–Kier alpha value is -0.830. The Bertz CT molecular complexity index is 195. The minimum Gasteiger partial charge on any atom is -0.466 e. The van der Waals surface area contributed by atoms with Crippen LogP contribution in [0.2, 0.25) is 0 Å². The summed E-state index contributed by atoms with van der Waals surface area (Å²) in [5.74, 6) is -0.272. The molecule has 0 aromatic carbocycles. The van der Waals surface area contributed by atoms with Gasteiger partial charge in [-0.2, -0.15) is 0 Å². The summed E-state index contributed by atoms with van der Waals surface area (Å²) in [6, 6.07) is 0.349. The van der Waals surface area contributed by atoms with E-state index in [1.807, 2.05) is 6.08 Å². The lowest BCUT2D eigenvalue weighted by atomic mass is 10.2. The Morgan fingerprint density at radius 1 is 1.46 bits per heavy atom. The van der Waals surface area contributed by atoms with Crippen LogP contribution in [0.25, 0.3) is 0 Å². The van der Waals surface area contributed by atoms with Crippen LogP contribution in [0.1, 0.15) is 19.8 Å². The molecule has 0 amide bonds. The number of rotatable bonds is 3. The van der Waals surface area contributed by atoms with Crippen LogP contribution in [-0.4, -0.2) is 37.1 Å². The van der Waals surface area contributed by atoms with Crippen molar-refractivity contribution in [1.82, 2.24) is 4.90 Å². The second-order valence-corrected chi connectivity index (χ2v) is 3.37. The van der Waals surface area contributed by atoms with E-state index in [1.165, 1.54) is 26.0 Å². The van der Waals surface area contributed by atoms with Gasteiger partial charge in [-0.05, 0) is 32.9 Å². The lowest BCUT2D eigenvalue weighted by Crippen LogP contribution is -2.28. The van der Waals surface area contributed by atoms with Crippen LogP contribution in [-0.2, 0) is 9.53 Å². The largest absolute Gasteiger partial charge is 0.466 e. The minimum absolute atomic E-state index is 0.272. The molecule has 3 nitrogen and oxygen atoms in total. The van der Waals surface area contributed by atoms with Gasteiger partial charge < -0.3 is 4.74 Å². The molecular formula is C10H17NO2. The molecule has 0 radical (unpaired) electrons. The fourth-order valence-electron chi connectivity index (χ4n) is 1.56. The first-order valence-electron chi connectivity index (χ1n) is 4.74. The lowest BCUT2D eigenvalue weighted by molar-refractivity contribution is -0.134. The van der Waals surface area contributed by atoms with Crippen molar-refractivity contribution < 1.29 is 9.53 Å². The Morgan fingerprint density at radius 2 is 2.08 bits per heavy atom. The van der Waals surface area contributed by atoms with Gasteiger partial charge in [-0.15, -0.1) is 0 Å². The molecule has 1 atom stereocenters. The van der Waals surface area contributed by atoms with E-state index >= 15 is 0 Å². The van der Waals surface area contributed by atoms with E-state index in [-0.39, 0.29) is 5.97 Å². The van der Waals surface area contributed by atoms with Gasteiger partial charge in [0.25, 0.3) is 0 Å². The second kappa shape index (κ2) is 5.02. The predicted octanol–water partition coefficient (Wildman–Crippen LogP) is 1.20. The SMILES string of the molecule is COC(=O)/C=C/C(C)N1CCCC1. The summed E-state index contributed by atoms with van der Waals surface area (Å²) < 4.78 is 4.52. The highest BCUT2D eigenvalue weighted by atomic mass is 16.5. The molecule has 0 bridgehead atoms. The van der Waals surface area contributed by atoms with Crippen molar-refractivity contribution in [3.63, 3.8) is 0 Å². The van der Waals surface area contributed by atoms with Gasteiger partial charge in [-0.3, -0.25) is 4.90 Å². The van der Waals surface area contributed by atoms with E-state index in [4.69, 9.17) is 0 Å². The standard InChI is InChI=1S/C10H17NO2/c1-9(5-6-10(12)13-2)11-7-3-4-8-11/h5-6,9H,3-4,7-8H2,1-2H3/b6-5+. The molecule has 0 N–H and O–H groups in total. The summed E-state index contributed by atoms with van der Waals surface area (Å²) in [4.78, 5) is 13.2. The smallest absolute Gasteiger partial charge is 0.330 e. The summed E-state index contributed by atoms with van der Waals surface area (Å²) in [7, 11) is 1.40. The zero-order valence-corrected chi connectivity index (χ0v) is 8.32. The number of carbonyl (C=O) groups excluding carboxylic acids is 1. The quantitative estimate of drug-likeness (QED) is 0.486. The molecule has 13 heavy (non-hydrogen) atoms. The van der Waals surface area contributed by atoms with Gasteiger partial charge in [0.05, 0.1) is 7.11 Å². The Labute approximate surface area is 79.4 Å². The molecule has 1 aliphatic rings. The van der Waals surface area contributed by atoms with Crippen LogP contribution in [0.3, 0.4) is 0 Å². The molecule has 1 saturated heterocycles. The maximum atomic E-state index is 10.8. The van der Waals surface area contributed by atoms with E-state index in [0.29, 0.717) is 6.04 Å². The van der Waals surface area contributed by atoms with Gasteiger partial charge in [0.1, 0.15) is 0 Å². The van der Waals surface area contributed by atoms with Crippen molar-refractivity contribution in [2.75, 3.05) is 20.2 Å². The first-order chi connectivity index (χ1) is 6.24. The summed E-state index contributed by atoms with van der Waals surface area (Å²) in [6.07, 6.45) is 5.95. The third-order valence-corrected chi connectivity index (χ3v) is 2.43. The third kappa shape index (κ3) is 3.19. The zero-order valence-electron chi connectivity index (χ0n) is 8.32. The van der Waals surface area contributed by atoms with Crippen LogP contribution in [0.4, 0.5) is 0 Å². The van der Waals surface area contributed by atoms with E-state index in [2.05, 4.69) is 16.6 Å². The molecule has 1 heterocycles. The molecule has 0 aromatic rings. The number of hydrogen-bond donors (Lipinski definition) is 0. The van der Waals surface area contributed by atoms with Gasteiger partial charge in [-0.25, -0.2) is 4.79 Å². The maximum absolute atomic E-state index is 10.8. The zero-order chi connectivity index (χ0) is 9.68. The highest BCUT2D eigenvalue weighted by molar-refractivity contribution is 5.81. The topological polar surface area (TPSA) is 29.5 Å². The van der Waals surface area contributed by atoms with Gasteiger partial charge in [-0.1, -0.05) is 6.08 Å². The second-order valence-electron chi connectivity index (χ2n) is 3.37. The number of methoxy groups -OCH3 is 1. The average Bonchev–Trinajstić information content (AvgIpc) is 2.66. The highest BCUT2D eigenvalue weighted by Gasteiger charge is 2.15. The van der Waals surface area contributed by atoms with Crippen molar-refractivity contribution in [2.45, 2.75) is 25.8 Å². The fourth-order valence-corrected chi connectivity index (χ4v) is 1.56. The number of carbonyl (C=O) groups is 1. The van der Waals surface area contributed by atoms with E-state index in [0.717, 1.165) is 13.1 Å². The first kappa shape index (κ1) is 10.3. The van der Waals surface area contributed by atoms with Crippen LogP contribution >= 0.6 is 0 Å². The third-order valence-electron chi connectivity index (χ3n) is 2.43. The van der Waals surface area contributed by atoms with Gasteiger partial charge in [0.2, 0.25) is 0 Å². The van der Waals surface area contributed by atoms with E-state index < -0.39 is 0 Å². The molecule has 1 fully saturated rings. The van der Waals surface area contributed by atoms with Crippen LogP contribution < -0.4 is 0 Å². The van der Waals surface area contributed by atoms with E-state index in [1.54, 1.807) is 0 Å². The first-order valence-corrected chi connectivity index (χ1v) is 4.74. The maximum Gasteiger partial charge on any atom is 0.330 e. The molecule has 1 unspecified atom stereocenters. The molecule has 0 aromatic heterocycles. The summed E-state index contributed by atoms with van der Waals surface area (Å²) in [5.41, 5.74) is 0. The molecule has 0 saturated carbocycles. The molecule has 3 heteroatoms. The molecule has 74 valence electrons. The molecule has 1 aliphatic heterocycles. The molecule has 0 aliphatic carbocycles. The van der Waals surface area contributed by atoms with Crippen molar-refractivity contribution in [2.24, 2.45) is 0 Å². The van der Waals surface area contributed by atoms with Gasteiger partial charge >= 0.3 is 5.97 Å². The van der Waals surface area contributed by atoms with Gasteiger partial charge in [0, 0.05) is 12.1 Å². The predicted molar refractivity (Wildman–Crippen MR) is 51.4 cm³/mol. The number of likely N-dealkylation sites (tertiary alicyclic amines) is 1. The summed E-state index contributed by atoms with van der Waals surface area (Å²) >= 11 is 0. The Balaban J connectivity index is 2.34. The van der Waals surface area contributed by atoms with Crippen molar-refractivity contribution in [1.29, 1.82) is 0 Å². The van der Waals surface area contributed by atoms with Crippen LogP contribution in [0.15, 0.2) is 12.2 Å². The monoisotopic (exact) mass is 183 g/mol. The number of ether oxygens (including phenoxy) is 1. The van der Waals surface area contributed by atoms with Crippen molar-refractivity contribution in [3.8, 4) is 0 Å². The van der Waals surface area contributed by atoms with E-state index in [9.17, 15) is 4.79 Å². The number of nitrogens with zero attached hydrogens (tertiary/aromatic N) is 1. The van der Waals surface area contributed by atoms with Crippen LogP contribution in [0, 0.1) is 0 Å². The molecular weight excluding hydrogens is 166 g/mol. The van der Waals surface area contributed by atoms with Crippen LogP contribution in [0.5, 0.6) is 0 Å². The normalized spacial score (nSPS) is 20.8. The average molecular weight is 183 g/mol. The number of hydrogen-bond acceptors (Lipinski definition) is 3. The Morgan fingerprint density at radius 3 is 2.62 bits per heavy atom. The minimum atomic E-state index is -0.272.